The van der Waals surface area contributed by atoms with Gasteiger partial charge in [-0.1, -0.05) is 0 Å². The first kappa shape index (κ1) is 35.5. The Labute approximate surface area is 247 Å². The summed E-state index contributed by atoms with van der Waals surface area (Å²) in [6, 6.07) is 0.931. The molecule has 0 amide bonds. The number of aromatic nitrogens is 2. The number of hydrogen-bond acceptors (Lipinski definition) is 17. The molecule has 0 radical (unpaired) electrons. The van der Waals surface area contributed by atoms with Gasteiger partial charge in [-0.3, -0.25) is 33.3 Å². The van der Waals surface area contributed by atoms with Crippen LogP contribution in [0, 0.1) is 0 Å². The Morgan fingerprint density at radius 1 is 0.955 bits per heavy atom. The van der Waals surface area contributed by atoms with Crippen molar-refractivity contribution in [3.05, 3.63) is 33.1 Å². The van der Waals surface area contributed by atoms with E-state index in [0.717, 1.165) is 37.6 Å². The van der Waals surface area contributed by atoms with Gasteiger partial charge in [0, 0.05) is 33.0 Å². The van der Waals surface area contributed by atoms with E-state index in [1.54, 1.807) is 0 Å². The number of nitrogens with zero attached hydrogens (tertiary/aromatic N) is 1. The lowest BCUT2D eigenvalue weighted by atomic mass is 10.0. The molecule has 0 aromatic carbocycles. The quantitative estimate of drug-likeness (QED) is 0.0855. The molecule has 0 saturated carbocycles. The molecule has 1 aromatic rings. The Kier molecular flexibility index (Phi) is 11.3. The van der Waals surface area contributed by atoms with Crippen LogP contribution in [0.2, 0.25) is 0 Å². The number of hydrogen-bond donors (Lipinski definition) is 5. The van der Waals surface area contributed by atoms with Crippen molar-refractivity contribution in [3.63, 3.8) is 0 Å². The number of rotatable bonds is 11. The molecule has 2 fully saturated rings. The average Bonchev–Trinajstić information content (AvgIpc) is 3.20. The predicted octanol–water partition coefficient (Wildman–Crippen LogP) is -3.76. The van der Waals surface area contributed by atoms with Crippen LogP contribution in [0.4, 0.5) is 0 Å². The number of ether oxygens (including phenoxy) is 5. The minimum atomic E-state index is -5.23. The summed E-state index contributed by atoms with van der Waals surface area (Å²) < 4.78 is 70.9. The van der Waals surface area contributed by atoms with Gasteiger partial charge in [-0.25, -0.2) is 13.2 Å². The van der Waals surface area contributed by atoms with Crippen molar-refractivity contribution in [2.45, 2.75) is 75.2 Å². The highest BCUT2D eigenvalue weighted by Crippen LogP contribution is 2.46. The van der Waals surface area contributed by atoms with E-state index >= 15 is 0 Å². The monoisotopic (exact) mass is 674 g/mol. The predicted molar refractivity (Wildman–Crippen MR) is 139 cm³/mol. The summed E-state index contributed by atoms with van der Waals surface area (Å²) in [6.07, 6.45) is -13.0. The fourth-order valence-electron chi connectivity index (χ4n) is 4.54. The van der Waals surface area contributed by atoms with Gasteiger partial charge in [0.25, 0.3) is 5.56 Å². The van der Waals surface area contributed by atoms with Crippen LogP contribution in [0.5, 0.6) is 0 Å². The highest BCUT2D eigenvalue weighted by atomic mass is 32.2. The smallest absolute Gasteiger partial charge is 0.343 e. The minimum Gasteiger partial charge on any atom is -0.456 e. The van der Waals surface area contributed by atoms with E-state index in [2.05, 4.69) is 0 Å². The summed E-state index contributed by atoms with van der Waals surface area (Å²) in [7, 11) is -10.2. The van der Waals surface area contributed by atoms with Crippen molar-refractivity contribution in [2.75, 3.05) is 18.7 Å². The third-order valence-electron chi connectivity index (χ3n) is 6.28. The first-order chi connectivity index (χ1) is 20.4. The van der Waals surface area contributed by atoms with Crippen molar-refractivity contribution >= 4 is 35.3 Å². The Bertz CT molecular complexity index is 1510. The second-order valence-corrected chi connectivity index (χ2v) is 14.1. The molecule has 3 rings (SSSR count). The van der Waals surface area contributed by atoms with Crippen molar-refractivity contribution in [1.82, 2.24) is 9.55 Å². The molecule has 22 heteroatoms. The topological polar surface area (TPSA) is 294 Å². The normalized spacial score (nSPS) is 31.9. The SMILES string of the molecule is CC(=O)O[C@@H]1[C@H](OC(C)=O)[C@@H](COP(=O)(O)CS(=O)(=O)[C@@H]2O[C@H](CO)[C@@H](O)[C@H](O)[C@H]2OC(C)=O)O[C@H]1n1ccc(=O)[nH]c1=O. The molecular formula is C22H31N2O18PS. The van der Waals surface area contributed by atoms with Gasteiger partial charge < -0.3 is 48.4 Å². The standard InChI is InChI=1S/C22H31N2O18PS/c1-9(26)38-17-13(41-20(19(17)40-11(3)28)24-5-4-14(29)23-22(24)32)7-37-43(33,34)8-44(35,36)21-18(39-10(2)27)16(31)15(30)12(6-25)42-21/h4-5,12-13,15-21,25,30-31H,6-8H2,1-3H3,(H,33,34)(H,23,29,32)/t12-,13-,15-,16+,17-,18-,19-,20-,21+/m1/s1. The third kappa shape index (κ3) is 8.37. The van der Waals surface area contributed by atoms with Crippen molar-refractivity contribution in [3.8, 4) is 0 Å². The van der Waals surface area contributed by atoms with Crippen LogP contribution < -0.4 is 11.2 Å². The van der Waals surface area contributed by atoms with E-state index in [9.17, 15) is 57.2 Å². The van der Waals surface area contributed by atoms with Gasteiger partial charge >= 0.3 is 31.2 Å². The molecule has 2 aliphatic rings. The molecule has 2 aliphatic heterocycles. The number of H-pyrrole nitrogens is 1. The van der Waals surface area contributed by atoms with Crippen LogP contribution in [0.1, 0.15) is 27.0 Å². The first-order valence-corrected chi connectivity index (χ1v) is 16.1. The molecule has 248 valence electrons. The Morgan fingerprint density at radius 3 is 2.07 bits per heavy atom. The number of sulfone groups is 1. The molecule has 20 nitrogen and oxygen atoms in total. The highest BCUT2D eigenvalue weighted by Gasteiger charge is 2.54. The number of aliphatic hydroxyl groups excluding tert-OH is 3. The molecule has 3 heterocycles. The number of carbonyl (C=O) groups excluding carboxylic acids is 3. The van der Waals surface area contributed by atoms with Crippen LogP contribution in [0.3, 0.4) is 0 Å². The van der Waals surface area contributed by atoms with E-state index in [0.29, 0.717) is 0 Å². The molecule has 2 saturated heterocycles. The summed E-state index contributed by atoms with van der Waals surface area (Å²) in [6.45, 7) is 0.846. The van der Waals surface area contributed by atoms with Crippen LogP contribution in [0.15, 0.2) is 21.9 Å². The third-order valence-corrected chi connectivity index (χ3v) is 10.7. The van der Waals surface area contributed by atoms with Gasteiger partial charge in [0.05, 0.1) is 13.2 Å². The lowest BCUT2D eigenvalue weighted by Crippen LogP contribution is -2.61. The lowest BCUT2D eigenvalue weighted by Gasteiger charge is -2.41. The summed E-state index contributed by atoms with van der Waals surface area (Å²) in [4.78, 5) is 71.5. The van der Waals surface area contributed by atoms with Crippen LogP contribution in [-0.4, -0.2) is 123 Å². The molecule has 10 atom stereocenters. The van der Waals surface area contributed by atoms with Crippen molar-refractivity contribution in [1.29, 1.82) is 0 Å². The largest absolute Gasteiger partial charge is 0.456 e. The minimum absolute atomic E-state index is 0.779. The molecule has 0 bridgehead atoms. The Morgan fingerprint density at radius 2 is 1.52 bits per heavy atom. The van der Waals surface area contributed by atoms with E-state index < -0.39 is 120 Å². The maximum absolute atomic E-state index is 13.2. The molecule has 1 aromatic heterocycles. The summed E-state index contributed by atoms with van der Waals surface area (Å²) in [5.41, 5.74) is -5.83. The molecule has 0 aliphatic carbocycles. The molecule has 1 unspecified atom stereocenters. The van der Waals surface area contributed by atoms with Gasteiger partial charge in [-0.05, 0) is 0 Å². The first-order valence-electron chi connectivity index (χ1n) is 12.7. The lowest BCUT2D eigenvalue weighted by molar-refractivity contribution is -0.219. The molecule has 5 N–H and O–H groups in total. The zero-order valence-electron chi connectivity index (χ0n) is 23.3. The van der Waals surface area contributed by atoms with Crippen molar-refractivity contribution < 1.29 is 75.8 Å². The second-order valence-electron chi connectivity index (χ2n) is 9.74. The zero-order valence-corrected chi connectivity index (χ0v) is 25.0. The fraction of sp³-hybridized carbons (Fsp3) is 0.682. The second kappa shape index (κ2) is 14.0. The number of aromatic amines is 1. The Hall–Kier alpha value is -3.01. The summed E-state index contributed by atoms with van der Waals surface area (Å²) >= 11 is 0. The molecule has 0 spiro atoms. The van der Waals surface area contributed by atoms with Gasteiger partial charge in [0.1, 0.15) is 24.4 Å². The number of aliphatic hydroxyl groups is 3. The highest BCUT2D eigenvalue weighted by molar-refractivity contribution is 7.97. The maximum Gasteiger partial charge on any atom is 0.343 e. The van der Waals surface area contributed by atoms with E-state index in [-0.39, 0.29) is 0 Å². The van der Waals surface area contributed by atoms with E-state index in [1.807, 2.05) is 4.98 Å². The Balaban J connectivity index is 1.86. The fourth-order valence-corrected chi connectivity index (χ4v) is 8.56. The number of nitrogens with one attached hydrogen (secondary N) is 1. The summed E-state index contributed by atoms with van der Waals surface area (Å²) in [5.74, 6) is -2.94. The number of carbonyl (C=O) groups is 3. The van der Waals surface area contributed by atoms with Gasteiger partial charge in [0.2, 0.25) is 0 Å². The summed E-state index contributed by atoms with van der Waals surface area (Å²) in [5, 5.41) is 29.8. The van der Waals surface area contributed by atoms with Crippen LogP contribution >= 0.6 is 7.60 Å². The van der Waals surface area contributed by atoms with Crippen LogP contribution in [-0.2, 0) is 57.0 Å². The number of esters is 3. The molecular weight excluding hydrogens is 643 g/mol. The van der Waals surface area contributed by atoms with Gasteiger partial charge in [0.15, 0.2) is 45.3 Å². The molecule has 44 heavy (non-hydrogen) atoms. The van der Waals surface area contributed by atoms with E-state index in [1.165, 1.54) is 0 Å². The zero-order chi connectivity index (χ0) is 33.1. The maximum atomic E-state index is 13.2. The average molecular weight is 675 g/mol. The van der Waals surface area contributed by atoms with Crippen LogP contribution in [0.25, 0.3) is 0 Å². The van der Waals surface area contributed by atoms with E-state index in [4.69, 9.17) is 28.2 Å². The van der Waals surface area contributed by atoms with Crippen molar-refractivity contribution in [2.24, 2.45) is 0 Å². The van der Waals surface area contributed by atoms with Gasteiger partial charge in [-0.15, -0.1) is 0 Å². The van der Waals surface area contributed by atoms with Gasteiger partial charge in [-0.2, -0.15) is 0 Å².